The summed E-state index contributed by atoms with van der Waals surface area (Å²) < 4.78 is 19.6. The Balaban J connectivity index is 1.34. The molecule has 1 aliphatic heterocycles. The lowest BCUT2D eigenvalue weighted by molar-refractivity contribution is 0.0951. The second-order valence-corrected chi connectivity index (χ2v) is 8.30. The van der Waals surface area contributed by atoms with E-state index >= 15 is 0 Å². The van der Waals surface area contributed by atoms with Gasteiger partial charge in [0.2, 0.25) is 0 Å². The molecule has 1 fully saturated rings. The molecule has 33 heavy (non-hydrogen) atoms. The van der Waals surface area contributed by atoms with Crippen LogP contribution in [0.4, 0.5) is 20.6 Å². The fraction of sp³-hybridized carbons (Fsp3) is 0.240. The molecule has 1 aliphatic carbocycles. The van der Waals surface area contributed by atoms with E-state index in [0.717, 1.165) is 24.0 Å². The van der Waals surface area contributed by atoms with Gasteiger partial charge in [-0.15, -0.1) is 0 Å². The van der Waals surface area contributed by atoms with E-state index in [0.29, 0.717) is 29.2 Å². The first-order valence-corrected chi connectivity index (χ1v) is 10.8. The zero-order valence-corrected chi connectivity index (χ0v) is 18.1. The molecular weight excluding hydrogens is 423 g/mol. The van der Waals surface area contributed by atoms with E-state index in [4.69, 9.17) is 4.74 Å². The minimum absolute atomic E-state index is 0.0180. The first-order chi connectivity index (χ1) is 16.0. The van der Waals surface area contributed by atoms with Crippen LogP contribution < -0.4 is 20.3 Å². The zero-order chi connectivity index (χ0) is 22.9. The maximum absolute atomic E-state index is 13.8. The van der Waals surface area contributed by atoms with Crippen LogP contribution in [0.25, 0.3) is 0 Å². The topological polar surface area (TPSA) is 83.6 Å². The predicted molar refractivity (Wildman–Crippen MR) is 122 cm³/mol. The SMILES string of the molecule is Cc1ccc(OCc2ncccc2F)cc1N1Cc2ccc(C(=O)NC3CC3)cc2NC1=O. The fourth-order valence-electron chi connectivity index (χ4n) is 3.73. The maximum atomic E-state index is 13.8. The van der Waals surface area contributed by atoms with E-state index in [9.17, 15) is 14.0 Å². The van der Waals surface area contributed by atoms with Gasteiger partial charge in [0.25, 0.3) is 5.91 Å². The number of aromatic nitrogens is 1. The summed E-state index contributed by atoms with van der Waals surface area (Å²) in [5.74, 6) is -0.0459. The van der Waals surface area contributed by atoms with Crippen molar-refractivity contribution in [1.82, 2.24) is 10.3 Å². The van der Waals surface area contributed by atoms with Crippen LogP contribution >= 0.6 is 0 Å². The minimum atomic E-state index is -0.429. The van der Waals surface area contributed by atoms with Crippen molar-refractivity contribution in [3.05, 3.63) is 82.9 Å². The highest BCUT2D eigenvalue weighted by Crippen LogP contribution is 2.33. The fourth-order valence-corrected chi connectivity index (χ4v) is 3.73. The summed E-state index contributed by atoms with van der Waals surface area (Å²) in [6.07, 6.45) is 3.54. The van der Waals surface area contributed by atoms with Crippen molar-refractivity contribution in [3.8, 4) is 5.75 Å². The van der Waals surface area contributed by atoms with Gasteiger partial charge in [-0.05, 0) is 61.2 Å². The summed E-state index contributed by atoms with van der Waals surface area (Å²) in [5, 5.41) is 5.85. The van der Waals surface area contributed by atoms with Gasteiger partial charge in [-0.3, -0.25) is 14.7 Å². The quantitative estimate of drug-likeness (QED) is 0.582. The van der Waals surface area contributed by atoms with Crippen molar-refractivity contribution < 1.29 is 18.7 Å². The minimum Gasteiger partial charge on any atom is -0.487 e. The van der Waals surface area contributed by atoms with Crippen LogP contribution in [0, 0.1) is 12.7 Å². The second-order valence-electron chi connectivity index (χ2n) is 8.30. The summed E-state index contributed by atoms with van der Waals surface area (Å²) in [7, 11) is 0. The summed E-state index contributed by atoms with van der Waals surface area (Å²) in [6, 6.07) is 13.6. The van der Waals surface area contributed by atoms with Crippen molar-refractivity contribution in [3.63, 3.8) is 0 Å². The van der Waals surface area contributed by atoms with Gasteiger partial charge in [0.15, 0.2) is 0 Å². The van der Waals surface area contributed by atoms with Crippen molar-refractivity contribution in [1.29, 1.82) is 0 Å². The third-order valence-electron chi connectivity index (χ3n) is 5.78. The van der Waals surface area contributed by atoms with E-state index in [2.05, 4.69) is 15.6 Å². The summed E-state index contributed by atoms with van der Waals surface area (Å²) >= 11 is 0. The van der Waals surface area contributed by atoms with Crippen molar-refractivity contribution >= 4 is 23.3 Å². The Morgan fingerprint density at radius 2 is 2.09 bits per heavy atom. The zero-order valence-electron chi connectivity index (χ0n) is 18.1. The normalized spacial score (nSPS) is 15.0. The first-order valence-electron chi connectivity index (χ1n) is 10.8. The number of hydrogen-bond acceptors (Lipinski definition) is 4. The van der Waals surface area contributed by atoms with Crippen LogP contribution in [-0.4, -0.2) is 23.0 Å². The number of pyridine rings is 1. The van der Waals surface area contributed by atoms with Gasteiger partial charge in [-0.25, -0.2) is 9.18 Å². The predicted octanol–water partition coefficient (Wildman–Crippen LogP) is 4.55. The highest BCUT2D eigenvalue weighted by molar-refractivity contribution is 6.06. The van der Waals surface area contributed by atoms with Gasteiger partial charge in [0, 0.05) is 29.6 Å². The molecule has 0 spiro atoms. The Bertz CT molecular complexity index is 1240. The number of carbonyl (C=O) groups excluding carboxylic acids is 2. The van der Waals surface area contributed by atoms with Crippen LogP contribution in [0.15, 0.2) is 54.7 Å². The Morgan fingerprint density at radius 1 is 1.24 bits per heavy atom. The highest BCUT2D eigenvalue weighted by Gasteiger charge is 2.28. The molecule has 1 saturated carbocycles. The van der Waals surface area contributed by atoms with Crippen molar-refractivity contribution in [2.45, 2.75) is 39.0 Å². The molecule has 2 aliphatic rings. The molecule has 0 radical (unpaired) electrons. The third kappa shape index (κ3) is 4.50. The van der Waals surface area contributed by atoms with E-state index in [1.54, 1.807) is 29.2 Å². The number of urea groups is 1. The Labute approximate surface area is 190 Å². The lowest BCUT2D eigenvalue weighted by atomic mass is 10.0. The number of benzene rings is 2. The van der Waals surface area contributed by atoms with Crippen molar-refractivity contribution in [2.75, 3.05) is 10.2 Å². The number of nitrogens with one attached hydrogen (secondary N) is 2. The molecule has 8 heteroatoms. The third-order valence-corrected chi connectivity index (χ3v) is 5.78. The number of carbonyl (C=O) groups is 2. The monoisotopic (exact) mass is 446 g/mol. The Hall–Kier alpha value is -3.94. The molecule has 2 N–H and O–H groups in total. The molecule has 1 aromatic heterocycles. The van der Waals surface area contributed by atoms with Gasteiger partial charge in [-0.1, -0.05) is 12.1 Å². The average molecular weight is 446 g/mol. The number of ether oxygens (including phenoxy) is 1. The highest BCUT2D eigenvalue weighted by atomic mass is 19.1. The molecule has 0 atom stereocenters. The van der Waals surface area contributed by atoms with Crippen molar-refractivity contribution in [2.24, 2.45) is 0 Å². The molecule has 0 bridgehead atoms. The van der Waals surface area contributed by atoms with Crippen LogP contribution in [0.1, 0.15) is 40.0 Å². The van der Waals surface area contributed by atoms with E-state index in [1.807, 2.05) is 19.1 Å². The Morgan fingerprint density at radius 3 is 2.88 bits per heavy atom. The van der Waals surface area contributed by atoms with Crippen LogP contribution in [-0.2, 0) is 13.2 Å². The smallest absolute Gasteiger partial charge is 0.326 e. The van der Waals surface area contributed by atoms with Crippen LogP contribution in [0.5, 0.6) is 5.75 Å². The second kappa shape index (κ2) is 8.54. The number of halogens is 1. The number of aryl methyl sites for hydroxylation is 1. The number of nitrogens with zero attached hydrogens (tertiary/aromatic N) is 2. The number of rotatable bonds is 6. The molecule has 3 aromatic rings. The largest absolute Gasteiger partial charge is 0.487 e. The Kier molecular flexibility index (Phi) is 5.42. The van der Waals surface area contributed by atoms with Gasteiger partial charge >= 0.3 is 6.03 Å². The summed E-state index contributed by atoms with van der Waals surface area (Å²) in [5.41, 5.74) is 3.86. The molecule has 0 saturated heterocycles. The molecule has 3 amide bonds. The molecular formula is C25H23FN4O3. The molecule has 168 valence electrons. The lowest BCUT2D eigenvalue weighted by Gasteiger charge is -2.31. The van der Waals surface area contributed by atoms with Gasteiger partial charge in [0.05, 0.1) is 12.2 Å². The average Bonchev–Trinajstić information content (AvgIpc) is 3.63. The van der Waals surface area contributed by atoms with Crippen LogP contribution in [0.2, 0.25) is 0 Å². The lowest BCUT2D eigenvalue weighted by Crippen LogP contribution is -2.39. The standard InChI is InChI=1S/C25H23FN4O3/c1-15-4-9-19(33-14-22-20(26)3-2-10-27-22)12-23(15)30-13-17-6-5-16(11-21(17)29-25(30)32)24(31)28-18-7-8-18/h2-6,9-12,18H,7-8,13-14H2,1H3,(H,28,31)(H,29,32). The molecule has 2 heterocycles. The number of amides is 3. The number of hydrogen-bond donors (Lipinski definition) is 2. The molecule has 0 unspecified atom stereocenters. The van der Waals surface area contributed by atoms with Gasteiger partial charge in [-0.2, -0.15) is 0 Å². The summed E-state index contributed by atoms with van der Waals surface area (Å²) in [4.78, 5) is 30.9. The maximum Gasteiger partial charge on any atom is 0.326 e. The summed E-state index contributed by atoms with van der Waals surface area (Å²) in [6.45, 7) is 2.24. The number of fused-ring (bicyclic) bond motifs is 1. The van der Waals surface area contributed by atoms with E-state index in [1.165, 1.54) is 18.3 Å². The van der Waals surface area contributed by atoms with E-state index in [-0.39, 0.29) is 30.3 Å². The van der Waals surface area contributed by atoms with Gasteiger partial charge < -0.3 is 15.4 Å². The van der Waals surface area contributed by atoms with Gasteiger partial charge in [0.1, 0.15) is 23.9 Å². The van der Waals surface area contributed by atoms with E-state index < -0.39 is 5.82 Å². The molecule has 2 aromatic carbocycles. The van der Waals surface area contributed by atoms with Crippen LogP contribution in [0.3, 0.4) is 0 Å². The molecule has 5 rings (SSSR count). The first kappa shape index (κ1) is 20.9. The number of anilines is 2. The molecule has 7 nitrogen and oxygen atoms in total.